The molecule has 106 valence electrons. The highest BCUT2D eigenvalue weighted by molar-refractivity contribution is 5.84. The van der Waals surface area contributed by atoms with Gasteiger partial charge in [-0.2, -0.15) is 0 Å². The van der Waals surface area contributed by atoms with Gasteiger partial charge in [-0.3, -0.25) is 4.79 Å². The lowest BCUT2D eigenvalue weighted by Gasteiger charge is -2.15. The average molecular weight is 280 g/mol. The van der Waals surface area contributed by atoms with Crippen LogP contribution in [0.25, 0.3) is 22.0 Å². The molecule has 0 saturated carbocycles. The fourth-order valence-electron chi connectivity index (χ4n) is 2.41. The molecule has 0 fully saturated rings. The molecule has 4 heteroatoms. The van der Waals surface area contributed by atoms with E-state index in [1.807, 2.05) is 55.4 Å². The molecule has 1 heterocycles. The molecule has 1 aromatic heterocycles. The molecule has 4 nitrogen and oxygen atoms in total. The van der Waals surface area contributed by atoms with Crippen molar-refractivity contribution in [1.29, 1.82) is 0 Å². The van der Waals surface area contributed by atoms with Crippen molar-refractivity contribution in [2.75, 3.05) is 19.0 Å². The number of hydrogen-bond acceptors (Lipinski definition) is 3. The number of aromatic hydroxyl groups is 1. The Balaban J connectivity index is 2.23. The zero-order valence-corrected chi connectivity index (χ0v) is 11.9. The molecule has 0 bridgehead atoms. The van der Waals surface area contributed by atoms with E-state index in [1.165, 1.54) is 0 Å². The molecule has 0 amide bonds. The lowest BCUT2D eigenvalue weighted by atomic mass is 10.0. The lowest BCUT2D eigenvalue weighted by molar-refractivity contribution is 0.476. The van der Waals surface area contributed by atoms with Gasteiger partial charge in [-0.15, -0.1) is 0 Å². The minimum absolute atomic E-state index is 0.135. The molecule has 3 rings (SSSR count). The van der Waals surface area contributed by atoms with Crippen LogP contribution >= 0.6 is 0 Å². The van der Waals surface area contributed by atoms with Gasteiger partial charge in [0.15, 0.2) is 0 Å². The zero-order valence-electron chi connectivity index (χ0n) is 11.9. The Morgan fingerprint density at radius 3 is 2.57 bits per heavy atom. The molecule has 3 aromatic rings. The first-order chi connectivity index (χ1) is 10.1. The van der Waals surface area contributed by atoms with Crippen LogP contribution in [-0.4, -0.2) is 24.2 Å². The molecular formula is C17H16N2O2. The summed E-state index contributed by atoms with van der Waals surface area (Å²) in [6.45, 7) is 0. The van der Waals surface area contributed by atoms with Crippen LogP contribution in [0, 0.1) is 0 Å². The van der Waals surface area contributed by atoms with Crippen LogP contribution in [0.5, 0.6) is 5.75 Å². The van der Waals surface area contributed by atoms with Crippen LogP contribution in [0.1, 0.15) is 0 Å². The number of aromatic amines is 1. The highest BCUT2D eigenvalue weighted by Gasteiger charge is 2.10. The second kappa shape index (κ2) is 4.98. The lowest BCUT2D eigenvalue weighted by Crippen LogP contribution is -2.11. The van der Waals surface area contributed by atoms with Gasteiger partial charge in [-0.1, -0.05) is 24.3 Å². The number of fused-ring (bicyclic) bond motifs is 1. The van der Waals surface area contributed by atoms with Crippen molar-refractivity contribution in [2.45, 2.75) is 0 Å². The van der Waals surface area contributed by atoms with Crippen LogP contribution in [0.3, 0.4) is 0 Å². The van der Waals surface area contributed by atoms with Crippen LogP contribution in [0.2, 0.25) is 0 Å². The molecule has 0 radical (unpaired) electrons. The number of phenols is 1. The fourth-order valence-corrected chi connectivity index (χ4v) is 2.41. The SMILES string of the molecule is CN(C)c1cc(-c2cc3ccccc3[nH]c2=O)ccc1O. The number of benzene rings is 2. The Morgan fingerprint density at radius 2 is 1.81 bits per heavy atom. The Labute approximate surface area is 122 Å². The van der Waals surface area contributed by atoms with Gasteiger partial charge in [0.25, 0.3) is 5.56 Å². The van der Waals surface area contributed by atoms with Crippen LogP contribution in [0.4, 0.5) is 5.69 Å². The Hall–Kier alpha value is -2.75. The number of hydrogen-bond donors (Lipinski definition) is 2. The summed E-state index contributed by atoms with van der Waals surface area (Å²) in [4.78, 5) is 17.0. The van der Waals surface area contributed by atoms with Crippen molar-refractivity contribution in [3.8, 4) is 16.9 Å². The monoisotopic (exact) mass is 280 g/mol. The van der Waals surface area contributed by atoms with Crippen LogP contribution in [0.15, 0.2) is 53.3 Å². The predicted octanol–water partition coefficient (Wildman–Crippen LogP) is 2.97. The summed E-state index contributed by atoms with van der Waals surface area (Å²) in [5, 5.41) is 10.8. The third-order valence-electron chi connectivity index (χ3n) is 3.52. The van der Waals surface area contributed by atoms with Gasteiger partial charge in [0, 0.05) is 25.2 Å². The second-order valence-corrected chi connectivity index (χ2v) is 5.20. The van der Waals surface area contributed by atoms with Crippen molar-refractivity contribution < 1.29 is 5.11 Å². The number of anilines is 1. The van der Waals surface area contributed by atoms with Crippen LogP contribution in [-0.2, 0) is 0 Å². The summed E-state index contributed by atoms with van der Waals surface area (Å²) < 4.78 is 0. The van der Waals surface area contributed by atoms with E-state index in [0.29, 0.717) is 11.3 Å². The maximum absolute atomic E-state index is 12.3. The molecule has 2 aromatic carbocycles. The first-order valence-corrected chi connectivity index (χ1v) is 6.69. The number of aromatic nitrogens is 1. The summed E-state index contributed by atoms with van der Waals surface area (Å²) in [5.74, 6) is 0.195. The number of phenolic OH excluding ortho intramolecular Hbond substituents is 1. The second-order valence-electron chi connectivity index (χ2n) is 5.20. The van der Waals surface area contributed by atoms with Crippen molar-refractivity contribution in [2.24, 2.45) is 0 Å². The molecule has 0 aliphatic carbocycles. The van der Waals surface area contributed by atoms with E-state index in [9.17, 15) is 9.90 Å². The van der Waals surface area contributed by atoms with Crippen LogP contribution < -0.4 is 10.5 Å². The number of nitrogens with zero attached hydrogens (tertiary/aromatic N) is 1. The predicted molar refractivity (Wildman–Crippen MR) is 86.0 cm³/mol. The molecule has 0 spiro atoms. The Bertz CT molecular complexity index is 866. The van der Waals surface area contributed by atoms with E-state index in [4.69, 9.17) is 0 Å². The quantitative estimate of drug-likeness (QED) is 0.758. The van der Waals surface area contributed by atoms with Gasteiger partial charge in [-0.25, -0.2) is 0 Å². The van der Waals surface area contributed by atoms with Gasteiger partial charge in [-0.05, 0) is 35.2 Å². The number of pyridine rings is 1. The number of rotatable bonds is 2. The van der Waals surface area contributed by atoms with E-state index in [0.717, 1.165) is 16.5 Å². The fraction of sp³-hybridized carbons (Fsp3) is 0.118. The van der Waals surface area contributed by atoms with E-state index >= 15 is 0 Å². The minimum atomic E-state index is -0.135. The molecule has 21 heavy (non-hydrogen) atoms. The van der Waals surface area contributed by atoms with Gasteiger partial charge < -0.3 is 15.0 Å². The molecule has 0 saturated heterocycles. The number of H-pyrrole nitrogens is 1. The van der Waals surface area contributed by atoms with Crippen molar-refractivity contribution in [3.05, 3.63) is 58.9 Å². The molecule has 0 unspecified atom stereocenters. The van der Waals surface area contributed by atoms with E-state index in [2.05, 4.69) is 4.98 Å². The van der Waals surface area contributed by atoms with Gasteiger partial charge in [0.05, 0.1) is 5.69 Å². The highest BCUT2D eigenvalue weighted by Crippen LogP contribution is 2.30. The van der Waals surface area contributed by atoms with Crippen molar-refractivity contribution >= 4 is 16.6 Å². The smallest absolute Gasteiger partial charge is 0.256 e. The topological polar surface area (TPSA) is 56.3 Å². The molecule has 0 aliphatic heterocycles. The largest absolute Gasteiger partial charge is 0.506 e. The summed E-state index contributed by atoms with van der Waals surface area (Å²) >= 11 is 0. The first-order valence-electron chi connectivity index (χ1n) is 6.69. The maximum atomic E-state index is 12.3. The summed E-state index contributed by atoms with van der Waals surface area (Å²) in [5.41, 5.74) is 2.74. The third-order valence-corrected chi connectivity index (χ3v) is 3.52. The molecular weight excluding hydrogens is 264 g/mol. The van der Waals surface area contributed by atoms with Crippen molar-refractivity contribution in [1.82, 2.24) is 4.98 Å². The average Bonchev–Trinajstić information content (AvgIpc) is 2.47. The molecule has 0 aliphatic rings. The number of nitrogens with one attached hydrogen (secondary N) is 1. The Morgan fingerprint density at radius 1 is 1.05 bits per heavy atom. The third kappa shape index (κ3) is 2.36. The minimum Gasteiger partial charge on any atom is -0.506 e. The first kappa shape index (κ1) is 13.2. The maximum Gasteiger partial charge on any atom is 0.256 e. The molecule has 2 N–H and O–H groups in total. The standard InChI is InChI=1S/C17H16N2O2/c1-19(2)15-10-11(7-8-16(15)20)13-9-12-5-3-4-6-14(12)18-17(13)21/h3-10,20H,1-2H3,(H,18,21). The Kier molecular flexibility index (Phi) is 3.14. The van der Waals surface area contributed by atoms with Gasteiger partial charge in [0.1, 0.15) is 5.75 Å². The van der Waals surface area contributed by atoms with E-state index in [-0.39, 0.29) is 11.3 Å². The summed E-state index contributed by atoms with van der Waals surface area (Å²) in [6.07, 6.45) is 0. The van der Waals surface area contributed by atoms with Crippen molar-refractivity contribution in [3.63, 3.8) is 0 Å². The van der Waals surface area contributed by atoms with Gasteiger partial charge >= 0.3 is 0 Å². The summed E-state index contributed by atoms with van der Waals surface area (Å²) in [7, 11) is 3.70. The highest BCUT2D eigenvalue weighted by atomic mass is 16.3. The zero-order chi connectivity index (χ0) is 15.0. The normalized spacial score (nSPS) is 10.8. The summed E-state index contributed by atoms with van der Waals surface area (Å²) in [6, 6.07) is 14.7. The number of para-hydroxylation sites is 1. The molecule has 0 atom stereocenters. The van der Waals surface area contributed by atoms with E-state index < -0.39 is 0 Å². The van der Waals surface area contributed by atoms with Gasteiger partial charge in [0.2, 0.25) is 0 Å². The van der Waals surface area contributed by atoms with E-state index in [1.54, 1.807) is 12.1 Å².